The lowest BCUT2D eigenvalue weighted by molar-refractivity contribution is -0.133. The van der Waals surface area contributed by atoms with Crippen LogP contribution in [-0.4, -0.2) is 67.5 Å². The van der Waals surface area contributed by atoms with Gasteiger partial charge in [-0.2, -0.15) is 0 Å². The lowest BCUT2D eigenvalue weighted by atomic mass is 9.77. The third-order valence-electron chi connectivity index (χ3n) is 4.73. The van der Waals surface area contributed by atoms with E-state index < -0.39 is 29.1 Å². The number of likely N-dealkylation sites (tertiary alicyclic amines) is 1. The van der Waals surface area contributed by atoms with Crippen LogP contribution < -0.4 is 10.0 Å². The van der Waals surface area contributed by atoms with E-state index in [-0.39, 0.29) is 29.3 Å². The quantitative estimate of drug-likeness (QED) is 0.474. The van der Waals surface area contributed by atoms with Crippen LogP contribution in [0.2, 0.25) is 0 Å². The highest BCUT2D eigenvalue weighted by Gasteiger charge is 2.41. The third-order valence-corrected chi connectivity index (χ3v) is 6.27. The lowest BCUT2D eigenvalue weighted by Crippen LogP contribution is -2.51. The van der Waals surface area contributed by atoms with Gasteiger partial charge in [0.15, 0.2) is 0 Å². The van der Waals surface area contributed by atoms with Crippen molar-refractivity contribution in [3.05, 3.63) is 30.3 Å². The number of nitrogens with one attached hydrogen (secondary N) is 2. The van der Waals surface area contributed by atoms with Crippen molar-refractivity contribution in [2.45, 2.75) is 42.2 Å². The normalized spacial score (nSPS) is 25.8. The SMILES string of the molecule is Cl.O=C(C1C[C@@H](NS(=O)(=O)c2ccccc2)CN1)N1CCC[C@H]1B(O)O. The summed E-state index contributed by atoms with van der Waals surface area (Å²) in [6.45, 7) is 0.836. The van der Waals surface area contributed by atoms with Crippen LogP contribution in [0.25, 0.3) is 0 Å². The fourth-order valence-corrected chi connectivity index (χ4v) is 4.75. The van der Waals surface area contributed by atoms with Gasteiger partial charge in [0.05, 0.1) is 16.9 Å². The predicted molar refractivity (Wildman–Crippen MR) is 99.1 cm³/mol. The summed E-state index contributed by atoms with van der Waals surface area (Å²) in [7, 11) is -5.19. The molecular weight excluding hydrogens is 381 g/mol. The highest BCUT2D eigenvalue weighted by atomic mass is 35.5. The number of benzene rings is 1. The maximum absolute atomic E-state index is 12.6. The second-order valence-corrected chi connectivity index (χ2v) is 8.20. The number of amides is 1. The van der Waals surface area contributed by atoms with E-state index in [9.17, 15) is 23.3 Å². The molecule has 144 valence electrons. The molecule has 8 nitrogen and oxygen atoms in total. The number of hydrogen-bond donors (Lipinski definition) is 4. The van der Waals surface area contributed by atoms with Crippen LogP contribution in [-0.2, 0) is 14.8 Å². The summed E-state index contributed by atoms with van der Waals surface area (Å²) in [6.07, 6.45) is 1.61. The van der Waals surface area contributed by atoms with E-state index in [1.54, 1.807) is 18.2 Å². The number of halogens is 1. The summed E-state index contributed by atoms with van der Waals surface area (Å²) in [5.41, 5.74) is 0. The molecule has 2 fully saturated rings. The molecule has 3 atom stereocenters. The minimum Gasteiger partial charge on any atom is -0.426 e. The van der Waals surface area contributed by atoms with Crippen molar-refractivity contribution in [2.24, 2.45) is 0 Å². The minimum absolute atomic E-state index is 0. The van der Waals surface area contributed by atoms with Crippen molar-refractivity contribution < 1.29 is 23.3 Å². The van der Waals surface area contributed by atoms with Crippen molar-refractivity contribution in [1.82, 2.24) is 14.9 Å². The molecule has 11 heteroatoms. The lowest BCUT2D eigenvalue weighted by Gasteiger charge is -2.26. The van der Waals surface area contributed by atoms with Gasteiger partial charge in [0, 0.05) is 19.1 Å². The van der Waals surface area contributed by atoms with Crippen molar-refractivity contribution in [3.8, 4) is 0 Å². The van der Waals surface area contributed by atoms with Gasteiger partial charge in [0.2, 0.25) is 15.9 Å². The molecule has 4 N–H and O–H groups in total. The van der Waals surface area contributed by atoms with E-state index in [1.807, 2.05) is 0 Å². The smallest absolute Gasteiger partial charge is 0.426 e. The van der Waals surface area contributed by atoms with Crippen LogP contribution in [0.4, 0.5) is 0 Å². The molecule has 1 amide bonds. The number of carbonyl (C=O) groups excluding carboxylic acids is 1. The molecule has 1 aromatic rings. The number of carbonyl (C=O) groups is 1. The summed E-state index contributed by atoms with van der Waals surface area (Å²) in [4.78, 5) is 14.3. The van der Waals surface area contributed by atoms with Gasteiger partial charge in [-0.25, -0.2) is 13.1 Å². The highest BCUT2D eigenvalue weighted by Crippen LogP contribution is 2.22. The van der Waals surface area contributed by atoms with E-state index in [0.29, 0.717) is 25.9 Å². The van der Waals surface area contributed by atoms with Gasteiger partial charge in [-0.05, 0) is 31.4 Å². The van der Waals surface area contributed by atoms with Crippen LogP contribution in [0.15, 0.2) is 35.2 Å². The molecule has 26 heavy (non-hydrogen) atoms. The van der Waals surface area contributed by atoms with Crippen LogP contribution in [0, 0.1) is 0 Å². The number of hydrogen-bond acceptors (Lipinski definition) is 6. The summed E-state index contributed by atoms with van der Waals surface area (Å²) in [6, 6.07) is 7.17. The Hall–Kier alpha value is -1.17. The first-order valence-corrected chi connectivity index (χ1v) is 9.84. The van der Waals surface area contributed by atoms with Gasteiger partial charge in [0.25, 0.3) is 0 Å². The molecule has 0 aliphatic carbocycles. The first-order chi connectivity index (χ1) is 11.9. The van der Waals surface area contributed by atoms with Crippen molar-refractivity contribution >= 4 is 35.5 Å². The van der Waals surface area contributed by atoms with Crippen molar-refractivity contribution in [2.75, 3.05) is 13.1 Å². The first kappa shape index (κ1) is 21.1. The Morgan fingerprint density at radius 1 is 1.27 bits per heavy atom. The summed E-state index contributed by atoms with van der Waals surface area (Å²) in [5, 5.41) is 21.8. The van der Waals surface area contributed by atoms with E-state index in [0.717, 1.165) is 6.42 Å². The molecule has 0 radical (unpaired) electrons. The summed E-state index contributed by atoms with van der Waals surface area (Å²) in [5.74, 6) is -0.800. The fourth-order valence-electron chi connectivity index (χ4n) is 3.48. The molecule has 0 saturated carbocycles. The van der Waals surface area contributed by atoms with Crippen molar-refractivity contribution in [1.29, 1.82) is 0 Å². The van der Waals surface area contributed by atoms with Gasteiger partial charge < -0.3 is 20.3 Å². The Bertz CT molecular complexity index is 721. The van der Waals surface area contributed by atoms with E-state index in [4.69, 9.17) is 0 Å². The molecular formula is C15H23BClN3O5S. The van der Waals surface area contributed by atoms with Crippen molar-refractivity contribution in [3.63, 3.8) is 0 Å². The van der Waals surface area contributed by atoms with Gasteiger partial charge in [-0.1, -0.05) is 18.2 Å². The molecule has 0 bridgehead atoms. The summed E-state index contributed by atoms with van der Waals surface area (Å²) >= 11 is 0. The average molecular weight is 404 g/mol. The van der Waals surface area contributed by atoms with Crippen LogP contribution in [0.3, 0.4) is 0 Å². The van der Waals surface area contributed by atoms with Gasteiger partial charge in [0.1, 0.15) is 0 Å². The second kappa shape index (κ2) is 8.68. The zero-order chi connectivity index (χ0) is 18.0. The summed E-state index contributed by atoms with van der Waals surface area (Å²) < 4.78 is 27.3. The Kier molecular flexibility index (Phi) is 7.06. The molecule has 1 unspecified atom stereocenters. The molecule has 3 rings (SSSR count). The Morgan fingerprint density at radius 2 is 1.96 bits per heavy atom. The zero-order valence-electron chi connectivity index (χ0n) is 14.1. The Labute approximate surface area is 159 Å². The van der Waals surface area contributed by atoms with Crippen LogP contribution in [0.1, 0.15) is 19.3 Å². The second-order valence-electron chi connectivity index (χ2n) is 6.48. The number of rotatable bonds is 5. The molecule has 0 spiro atoms. The highest BCUT2D eigenvalue weighted by molar-refractivity contribution is 7.89. The maximum Gasteiger partial charge on any atom is 0.475 e. The predicted octanol–water partition coefficient (Wildman–Crippen LogP) is -0.880. The average Bonchev–Trinajstić information content (AvgIpc) is 3.24. The Balaban J connectivity index is 0.00000243. The molecule has 2 aliphatic heterocycles. The maximum atomic E-state index is 12.6. The zero-order valence-corrected chi connectivity index (χ0v) is 15.7. The van der Waals surface area contributed by atoms with E-state index in [1.165, 1.54) is 17.0 Å². The van der Waals surface area contributed by atoms with Gasteiger partial charge in [-0.3, -0.25) is 4.79 Å². The Morgan fingerprint density at radius 3 is 2.62 bits per heavy atom. The number of sulfonamides is 1. The topological polar surface area (TPSA) is 119 Å². The van der Waals surface area contributed by atoms with Crippen LogP contribution in [0.5, 0.6) is 0 Å². The fraction of sp³-hybridized carbons (Fsp3) is 0.533. The number of nitrogens with zero attached hydrogens (tertiary/aromatic N) is 1. The molecule has 2 heterocycles. The minimum atomic E-state index is -3.63. The molecule has 2 aliphatic rings. The molecule has 1 aromatic carbocycles. The first-order valence-electron chi connectivity index (χ1n) is 8.36. The van der Waals surface area contributed by atoms with Gasteiger partial charge >= 0.3 is 7.12 Å². The third kappa shape index (κ3) is 4.57. The largest absolute Gasteiger partial charge is 0.475 e. The van der Waals surface area contributed by atoms with E-state index >= 15 is 0 Å². The molecule has 2 saturated heterocycles. The monoisotopic (exact) mass is 403 g/mol. The molecule has 0 aromatic heterocycles. The van der Waals surface area contributed by atoms with Crippen LogP contribution >= 0.6 is 12.4 Å². The standard InChI is InChI=1S/C15H22BN3O5S.ClH/c20-15(19-8-4-7-14(19)16(21)22)13-9-11(10-17-13)18-25(23,24)12-5-2-1-3-6-12;/h1-3,5-6,11,13-14,17-18,21-22H,4,7-10H2;1H/t11-,13?,14+;/m1./s1. The van der Waals surface area contributed by atoms with Gasteiger partial charge in [-0.15, -0.1) is 12.4 Å². The van der Waals surface area contributed by atoms with E-state index in [2.05, 4.69) is 10.0 Å².